The molecule has 1 aromatic rings. The molecule has 0 heterocycles. The number of rotatable bonds is 7. The highest BCUT2D eigenvalue weighted by atomic mass is 79.9. The second-order valence-corrected chi connectivity index (χ2v) is 10.6. The summed E-state index contributed by atoms with van der Waals surface area (Å²) < 4.78 is 31.4. The summed E-state index contributed by atoms with van der Waals surface area (Å²) in [5, 5.41) is 0. The average molecular weight is 419 g/mol. The summed E-state index contributed by atoms with van der Waals surface area (Å²) in [4.78, 5) is 12.4. The third-order valence-electron chi connectivity index (χ3n) is 3.25. The van der Waals surface area contributed by atoms with Crippen LogP contribution in [0.15, 0.2) is 28.7 Å². The minimum atomic E-state index is -3.41. The minimum absolute atomic E-state index is 0.0718. The van der Waals surface area contributed by atoms with E-state index in [1.165, 1.54) is 0 Å². The fraction of sp³-hybridized carbons (Fsp3) is 0.611. The summed E-state index contributed by atoms with van der Waals surface area (Å²) in [6.07, 6.45) is 0.495. The summed E-state index contributed by atoms with van der Waals surface area (Å²) in [5.41, 5.74) is 0.0904. The highest BCUT2D eigenvalue weighted by Crippen LogP contribution is 2.21. The SMILES string of the molecule is CC(C)CC(CS(=O)(=O)Cc1ccc(Br)cc1)C(=O)OC(C)(C)C. The van der Waals surface area contributed by atoms with Crippen molar-refractivity contribution in [3.05, 3.63) is 34.3 Å². The molecule has 0 fully saturated rings. The summed E-state index contributed by atoms with van der Waals surface area (Å²) in [5.74, 6) is -1.11. The predicted octanol–water partition coefficient (Wildman–Crippen LogP) is 4.37. The van der Waals surface area contributed by atoms with Crippen molar-refractivity contribution in [2.24, 2.45) is 11.8 Å². The van der Waals surface area contributed by atoms with Crippen LogP contribution in [0.5, 0.6) is 0 Å². The van der Waals surface area contributed by atoms with Crippen molar-refractivity contribution < 1.29 is 17.9 Å². The molecule has 1 aromatic carbocycles. The molecule has 1 atom stereocenters. The van der Waals surface area contributed by atoms with Crippen LogP contribution in [-0.2, 0) is 25.1 Å². The quantitative estimate of drug-likeness (QED) is 0.616. The topological polar surface area (TPSA) is 60.4 Å². The van der Waals surface area contributed by atoms with Crippen molar-refractivity contribution in [2.75, 3.05) is 5.75 Å². The van der Waals surface area contributed by atoms with Crippen molar-refractivity contribution in [3.63, 3.8) is 0 Å². The lowest BCUT2D eigenvalue weighted by molar-refractivity contribution is -0.159. The number of hydrogen-bond donors (Lipinski definition) is 0. The first-order valence-corrected chi connectivity index (χ1v) is 10.7. The number of sulfone groups is 1. The second-order valence-electron chi connectivity index (χ2n) is 7.54. The van der Waals surface area contributed by atoms with Gasteiger partial charge in [-0.25, -0.2) is 8.42 Å². The molecular formula is C18H27BrO4S. The van der Waals surface area contributed by atoms with Crippen LogP contribution in [0.3, 0.4) is 0 Å². The molecule has 0 aliphatic rings. The van der Waals surface area contributed by atoms with Gasteiger partial charge in [-0.05, 0) is 50.8 Å². The van der Waals surface area contributed by atoms with Crippen LogP contribution >= 0.6 is 15.9 Å². The Labute approximate surface area is 154 Å². The average Bonchev–Trinajstić information content (AvgIpc) is 2.37. The van der Waals surface area contributed by atoms with Gasteiger partial charge < -0.3 is 4.74 Å². The molecule has 0 radical (unpaired) electrons. The van der Waals surface area contributed by atoms with Gasteiger partial charge in [0.15, 0.2) is 9.84 Å². The van der Waals surface area contributed by atoms with E-state index in [0.717, 1.165) is 4.47 Å². The fourth-order valence-corrected chi connectivity index (χ4v) is 4.35. The van der Waals surface area contributed by atoms with Crippen LogP contribution in [0.25, 0.3) is 0 Å². The molecule has 0 saturated heterocycles. The van der Waals surface area contributed by atoms with E-state index in [0.29, 0.717) is 12.0 Å². The van der Waals surface area contributed by atoms with Gasteiger partial charge in [-0.2, -0.15) is 0 Å². The van der Waals surface area contributed by atoms with Gasteiger partial charge in [-0.15, -0.1) is 0 Å². The Bertz CT molecular complexity index is 643. The molecule has 136 valence electrons. The molecule has 0 amide bonds. The maximum atomic E-state index is 12.5. The van der Waals surface area contributed by atoms with Gasteiger partial charge in [0.05, 0.1) is 17.4 Å². The number of halogens is 1. The smallest absolute Gasteiger partial charge is 0.310 e. The van der Waals surface area contributed by atoms with Crippen LogP contribution in [-0.4, -0.2) is 25.7 Å². The Morgan fingerprint density at radius 3 is 2.17 bits per heavy atom. The van der Waals surface area contributed by atoms with Gasteiger partial charge in [-0.1, -0.05) is 41.9 Å². The molecule has 0 bridgehead atoms. The monoisotopic (exact) mass is 418 g/mol. The van der Waals surface area contributed by atoms with Gasteiger partial charge in [-0.3, -0.25) is 4.79 Å². The summed E-state index contributed by atoms with van der Waals surface area (Å²) in [7, 11) is -3.41. The standard InChI is InChI=1S/C18H27BrO4S/c1-13(2)10-15(17(20)23-18(3,4)5)12-24(21,22)11-14-6-8-16(19)9-7-14/h6-9,13,15H,10-12H2,1-5H3. The third kappa shape index (κ3) is 8.29. The lowest BCUT2D eigenvalue weighted by atomic mass is 9.98. The molecule has 0 aromatic heterocycles. The minimum Gasteiger partial charge on any atom is -0.460 e. The molecule has 0 spiro atoms. The molecule has 0 saturated carbocycles. The maximum absolute atomic E-state index is 12.5. The van der Waals surface area contributed by atoms with Crippen LogP contribution in [0, 0.1) is 11.8 Å². The Morgan fingerprint density at radius 1 is 1.17 bits per heavy atom. The zero-order valence-electron chi connectivity index (χ0n) is 15.0. The van der Waals surface area contributed by atoms with Crippen molar-refractivity contribution >= 4 is 31.7 Å². The van der Waals surface area contributed by atoms with Gasteiger partial charge in [0.1, 0.15) is 5.60 Å². The Balaban J connectivity index is 2.87. The molecule has 4 nitrogen and oxygen atoms in total. The van der Waals surface area contributed by atoms with Crippen LogP contribution < -0.4 is 0 Å². The van der Waals surface area contributed by atoms with Crippen molar-refractivity contribution in [1.29, 1.82) is 0 Å². The van der Waals surface area contributed by atoms with E-state index in [4.69, 9.17) is 4.74 Å². The Morgan fingerprint density at radius 2 is 1.71 bits per heavy atom. The lowest BCUT2D eigenvalue weighted by Gasteiger charge is -2.25. The summed E-state index contributed by atoms with van der Waals surface area (Å²) in [6, 6.07) is 7.16. The number of carbonyl (C=O) groups excluding carboxylic acids is 1. The molecule has 0 N–H and O–H groups in total. The summed E-state index contributed by atoms with van der Waals surface area (Å²) >= 11 is 3.33. The molecule has 1 rings (SSSR count). The van der Waals surface area contributed by atoms with Crippen LogP contribution in [0.2, 0.25) is 0 Å². The van der Waals surface area contributed by atoms with E-state index in [-0.39, 0.29) is 17.4 Å². The Kier molecular flexibility index (Phi) is 7.47. The largest absolute Gasteiger partial charge is 0.460 e. The van der Waals surface area contributed by atoms with E-state index in [1.807, 2.05) is 26.0 Å². The number of ether oxygens (including phenoxy) is 1. The predicted molar refractivity (Wildman–Crippen MR) is 100 cm³/mol. The normalized spacial score (nSPS) is 13.8. The zero-order chi connectivity index (χ0) is 18.5. The number of esters is 1. The molecule has 0 aliphatic carbocycles. The van der Waals surface area contributed by atoms with Crippen molar-refractivity contribution in [3.8, 4) is 0 Å². The second kappa shape index (κ2) is 8.48. The van der Waals surface area contributed by atoms with Crippen molar-refractivity contribution in [1.82, 2.24) is 0 Å². The van der Waals surface area contributed by atoms with Crippen LogP contribution in [0.4, 0.5) is 0 Å². The highest BCUT2D eigenvalue weighted by molar-refractivity contribution is 9.10. The molecule has 0 aliphatic heterocycles. The first-order chi connectivity index (χ1) is 10.9. The first kappa shape index (κ1) is 21.2. The third-order valence-corrected chi connectivity index (χ3v) is 5.46. The number of carbonyl (C=O) groups is 1. The van der Waals surface area contributed by atoms with Crippen LogP contribution in [0.1, 0.15) is 46.6 Å². The maximum Gasteiger partial charge on any atom is 0.310 e. The highest BCUT2D eigenvalue weighted by Gasteiger charge is 2.30. The zero-order valence-corrected chi connectivity index (χ0v) is 17.4. The van der Waals surface area contributed by atoms with Gasteiger partial charge in [0.2, 0.25) is 0 Å². The molecular weight excluding hydrogens is 392 g/mol. The van der Waals surface area contributed by atoms with Gasteiger partial charge >= 0.3 is 5.97 Å². The van der Waals surface area contributed by atoms with Gasteiger partial charge in [0.25, 0.3) is 0 Å². The van der Waals surface area contributed by atoms with E-state index in [1.54, 1.807) is 32.9 Å². The molecule has 1 unspecified atom stereocenters. The Hall–Kier alpha value is -0.880. The number of hydrogen-bond acceptors (Lipinski definition) is 4. The van der Waals surface area contributed by atoms with E-state index in [9.17, 15) is 13.2 Å². The van der Waals surface area contributed by atoms with E-state index >= 15 is 0 Å². The first-order valence-electron chi connectivity index (χ1n) is 8.06. The van der Waals surface area contributed by atoms with E-state index in [2.05, 4.69) is 15.9 Å². The summed E-state index contributed by atoms with van der Waals surface area (Å²) in [6.45, 7) is 9.30. The fourth-order valence-electron chi connectivity index (χ4n) is 2.39. The van der Waals surface area contributed by atoms with E-state index < -0.39 is 27.3 Å². The van der Waals surface area contributed by atoms with Crippen molar-refractivity contribution in [2.45, 2.75) is 52.4 Å². The number of benzene rings is 1. The molecule has 24 heavy (non-hydrogen) atoms. The lowest BCUT2D eigenvalue weighted by Crippen LogP contribution is -2.33. The molecule has 6 heteroatoms. The van der Waals surface area contributed by atoms with Gasteiger partial charge in [0, 0.05) is 4.47 Å².